The van der Waals surface area contributed by atoms with Gasteiger partial charge < -0.3 is 9.30 Å². The van der Waals surface area contributed by atoms with Crippen molar-refractivity contribution >= 4 is 28.2 Å². The third-order valence-corrected chi connectivity index (χ3v) is 6.77. The van der Waals surface area contributed by atoms with Gasteiger partial charge in [-0.15, -0.1) is 22.7 Å². The molecule has 0 atom stereocenters. The lowest BCUT2D eigenvalue weighted by Crippen LogP contribution is -1.98. The normalized spacial score (nSPS) is 10.1. The van der Waals surface area contributed by atoms with Crippen molar-refractivity contribution in [2.24, 2.45) is 0 Å². The monoisotopic (exact) mass is 452 g/mol. The molecule has 0 fully saturated rings. The minimum absolute atomic E-state index is 0.101. The maximum Gasteiger partial charge on any atom is 0.148 e. The summed E-state index contributed by atoms with van der Waals surface area (Å²) >= 11 is 3.05. The molecule has 0 saturated carbocycles. The quantitative estimate of drug-likeness (QED) is 0.306. The minimum atomic E-state index is -0.179. The molecular formula is C25H16N4OS2. The standard InChI is InChI=1S/C25H16N4OS2/c1-2-30-19-7-5-18(6-8-19)29-21(24-4-3-13-31-24)9-10-22(29)25-12-11-23(32-25)20(16-28)17(14-26)15-27/h3-13H,2H2,1H3. The number of thiophene rings is 2. The Hall–Kier alpha value is -4.09. The van der Waals surface area contributed by atoms with Crippen LogP contribution in [0, 0.1) is 34.0 Å². The molecule has 3 aromatic heterocycles. The average Bonchev–Trinajstić information content (AvgIpc) is 3.58. The van der Waals surface area contributed by atoms with Crippen molar-refractivity contribution in [2.45, 2.75) is 6.92 Å². The van der Waals surface area contributed by atoms with Crippen molar-refractivity contribution < 1.29 is 4.74 Å². The van der Waals surface area contributed by atoms with Gasteiger partial charge in [0.15, 0.2) is 0 Å². The Kier molecular flexibility index (Phi) is 6.19. The number of hydrogen-bond acceptors (Lipinski definition) is 6. The van der Waals surface area contributed by atoms with E-state index in [1.54, 1.807) is 17.4 Å². The molecule has 0 bridgehead atoms. The molecule has 0 aliphatic heterocycles. The van der Waals surface area contributed by atoms with Crippen molar-refractivity contribution in [3.05, 3.63) is 76.5 Å². The lowest BCUT2D eigenvalue weighted by atomic mass is 10.1. The second-order valence-electron chi connectivity index (χ2n) is 6.59. The van der Waals surface area contributed by atoms with Gasteiger partial charge in [-0.3, -0.25) is 0 Å². The van der Waals surface area contributed by atoms with Gasteiger partial charge in [0.1, 0.15) is 29.5 Å². The lowest BCUT2D eigenvalue weighted by molar-refractivity contribution is 0.340. The topological polar surface area (TPSA) is 85.5 Å². The SMILES string of the molecule is CCOc1ccc(-n2c(-c3cccs3)ccc2-c2ccc(C(C#N)=C(C#N)C#N)s2)cc1. The van der Waals surface area contributed by atoms with Gasteiger partial charge in [0.05, 0.1) is 33.3 Å². The highest BCUT2D eigenvalue weighted by molar-refractivity contribution is 7.16. The Labute approximate surface area is 193 Å². The van der Waals surface area contributed by atoms with Gasteiger partial charge in [-0.2, -0.15) is 15.8 Å². The van der Waals surface area contributed by atoms with Crippen LogP contribution in [0.25, 0.3) is 32.4 Å². The highest BCUT2D eigenvalue weighted by Gasteiger charge is 2.18. The van der Waals surface area contributed by atoms with Gasteiger partial charge in [0, 0.05) is 10.6 Å². The van der Waals surface area contributed by atoms with E-state index < -0.39 is 0 Å². The van der Waals surface area contributed by atoms with Gasteiger partial charge in [-0.25, -0.2) is 0 Å². The minimum Gasteiger partial charge on any atom is -0.494 e. The van der Waals surface area contributed by atoms with E-state index in [4.69, 9.17) is 4.74 Å². The number of nitriles is 3. The fraction of sp³-hybridized carbons (Fsp3) is 0.0800. The summed E-state index contributed by atoms with van der Waals surface area (Å²) in [5.41, 5.74) is 2.92. The van der Waals surface area contributed by atoms with E-state index in [0.29, 0.717) is 11.5 Å². The molecule has 0 saturated heterocycles. The molecule has 0 aliphatic rings. The van der Waals surface area contributed by atoms with Gasteiger partial charge in [-0.1, -0.05) is 6.07 Å². The van der Waals surface area contributed by atoms with E-state index in [9.17, 15) is 15.8 Å². The molecule has 154 valence electrons. The first-order chi connectivity index (χ1) is 15.7. The van der Waals surface area contributed by atoms with Gasteiger partial charge in [0.25, 0.3) is 0 Å². The summed E-state index contributed by atoms with van der Waals surface area (Å²) in [6.45, 7) is 2.56. The molecule has 0 unspecified atom stereocenters. The van der Waals surface area contributed by atoms with E-state index in [0.717, 1.165) is 32.6 Å². The van der Waals surface area contributed by atoms with E-state index in [-0.39, 0.29) is 11.1 Å². The summed E-state index contributed by atoms with van der Waals surface area (Å²) in [6.07, 6.45) is 0. The van der Waals surface area contributed by atoms with Crippen LogP contribution in [0.1, 0.15) is 11.8 Å². The van der Waals surface area contributed by atoms with Gasteiger partial charge >= 0.3 is 0 Å². The van der Waals surface area contributed by atoms with Crippen LogP contribution < -0.4 is 4.74 Å². The van der Waals surface area contributed by atoms with Gasteiger partial charge in [0.2, 0.25) is 0 Å². The molecular weight excluding hydrogens is 436 g/mol. The van der Waals surface area contributed by atoms with E-state index in [2.05, 4.69) is 16.7 Å². The zero-order valence-electron chi connectivity index (χ0n) is 17.1. The van der Waals surface area contributed by atoms with Crippen molar-refractivity contribution in [3.63, 3.8) is 0 Å². The molecule has 32 heavy (non-hydrogen) atoms. The highest BCUT2D eigenvalue weighted by atomic mass is 32.1. The van der Waals surface area contributed by atoms with Crippen LogP contribution in [0.15, 0.2) is 71.6 Å². The number of nitrogens with zero attached hydrogens (tertiary/aromatic N) is 4. The summed E-state index contributed by atoms with van der Waals surface area (Å²) in [5.74, 6) is 0.811. The smallest absolute Gasteiger partial charge is 0.148 e. The van der Waals surface area contributed by atoms with Crippen LogP contribution >= 0.6 is 22.7 Å². The summed E-state index contributed by atoms with van der Waals surface area (Å²) in [6, 6.07) is 25.5. The molecule has 5 nitrogen and oxygen atoms in total. The molecule has 1 aromatic carbocycles. The average molecular weight is 453 g/mol. The van der Waals surface area contributed by atoms with Crippen LogP contribution in [0.3, 0.4) is 0 Å². The van der Waals surface area contributed by atoms with E-state index >= 15 is 0 Å². The zero-order valence-corrected chi connectivity index (χ0v) is 18.7. The van der Waals surface area contributed by atoms with E-state index in [1.165, 1.54) is 11.3 Å². The second kappa shape index (κ2) is 9.37. The molecule has 7 heteroatoms. The summed E-state index contributed by atoms with van der Waals surface area (Å²) in [4.78, 5) is 2.66. The van der Waals surface area contributed by atoms with Crippen molar-refractivity contribution in [1.82, 2.24) is 4.57 Å². The predicted molar refractivity (Wildman–Crippen MR) is 127 cm³/mol. The highest BCUT2D eigenvalue weighted by Crippen LogP contribution is 2.39. The summed E-state index contributed by atoms with van der Waals surface area (Å²) in [7, 11) is 0. The summed E-state index contributed by atoms with van der Waals surface area (Å²) < 4.78 is 7.76. The fourth-order valence-corrected chi connectivity index (χ4v) is 5.13. The van der Waals surface area contributed by atoms with Crippen molar-refractivity contribution in [3.8, 4) is 50.8 Å². The number of hydrogen-bond donors (Lipinski definition) is 0. The predicted octanol–water partition coefficient (Wildman–Crippen LogP) is 6.66. The molecule has 0 amide bonds. The first-order valence-corrected chi connectivity index (χ1v) is 11.4. The summed E-state index contributed by atoms with van der Waals surface area (Å²) in [5, 5.41) is 29.9. The first kappa shape index (κ1) is 21.2. The molecule has 0 N–H and O–H groups in total. The largest absolute Gasteiger partial charge is 0.494 e. The number of rotatable bonds is 6. The van der Waals surface area contributed by atoms with Crippen LogP contribution in [0.5, 0.6) is 5.75 Å². The number of aromatic nitrogens is 1. The third kappa shape index (κ3) is 3.94. The Bertz CT molecular complexity index is 1390. The lowest BCUT2D eigenvalue weighted by Gasteiger charge is -2.13. The maximum absolute atomic E-state index is 9.50. The van der Waals surface area contributed by atoms with E-state index in [1.807, 2.05) is 73.0 Å². The molecule has 3 heterocycles. The Morgan fingerprint density at radius 3 is 2.19 bits per heavy atom. The molecule has 0 spiro atoms. The number of allylic oxidation sites excluding steroid dienone is 2. The molecule has 0 radical (unpaired) electrons. The van der Waals surface area contributed by atoms with Crippen LogP contribution in [0.2, 0.25) is 0 Å². The Morgan fingerprint density at radius 2 is 1.59 bits per heavy atom. The molecule has 4 rings (SSSR count). The third-order valence-electron chi connectivity index (χ3n) is 4.75. The number of ether oxygens (including phenoxy) is 1. The second-order valence-corrected chi connectivity index (χ2v) is 8.62. The van der Waals surface area contributed by atoms with Gasteiger partial charge in [-0.05, 0) is 66.9 Å². The maximum atomic E-state index is 9.50. The van der Waals surface area contributed by atoms with Crippen LogP contribution in [-0.2, 0) is 0 Å². The van der Waals surface area contributed by atoms with Crippen molar-refractivity contribution in [1.29, 1.82) is 15.8 Å². The molecule has 4 aromatic rings. The molecule has 0 aliphatic carbocycles. The van der Waals surface area contributed by atoms with Crippen LogP contribution in [0.4, 0.5) is 0 Å². The van der Waals surface area contributed by atoms with Crippen molar-refractivity contribution in [2.75, 3.05) is 6.61 Å². The fourth-order valence-electron chi connectivity index (χ4n) is 3.36. The number of benzene rings is 1. The zero-order chi connectivity index (χ0) is 22.5. The van der Waals surface area contributed by atoms with Crippen LogP contribution in [-0.4, -0.2) is 11.2 Å². The first-order valence-electron chi connectivity index (χ1n) is 9.74. The Morgan fingerprint density at radius 1 is 0.875 bits per heavy atom. The Balaban J connectivity index is 1.86.